The summed E-state index contributed by atoms with van der Waals surface area (Å²) < 4.78 is 2.92. The number of aromatic amines is 1. The number of nitrogens with one attached hydrogen (secondary N) is 1. The molecular weight excluding hydrogens is 246 g/mol. The lowest BCUT2D eigenvalue weighted by molar-refractivity contribution is 0.768. The Labute approximate surface area is 107 Å². The molecular formula is C12H11N5O2. The highest BCUT2D eigenvalue weighted by molar-refractivity contribution is 5.74. The van der Waals surface area contributed by atoms with Gasteiger partial charge in [0.15, 0.2) is 5.65 Å². The third-order valence-electron chi connectivity index (χ3n) is 2.94. The molecule has 0 bridgehead atoms. The molecule has 19 heavy (non-hydrogen) atoms. The fourth-order valence-electron chi connectivity index (χ4n) is 1.94. The first-order valence-electron chi connectivity index (χ1n) is 5.65. The van der Waals surface area contributed by atoms with Crippen LogP contribution >= 0.6 is 0 Å². The third-order valence-corrected chi connectivity index (χ3v) is 2.94. The lowest BCUT2D eigenvalue weighted by atomic mass is 10.2. The minimum Gasteiger partial charge on any atom is -0.315 e. The highest BCUT2D eigenvalue weighted by Crippen LogP contribution is 2.17. The smallest absolute Gasteiger partial charge is 0.315 e. The first-order chi connectivity index (χ1) is 9.06. The molecule has 0 saturated carbocycles. The summed E-state index contributed by atoms with van der Waals surface area (Å²) in [7, 11) is 3.34. The van der Waals surface area contributed by atoms with Crippen molar-refractivity contribution in [3.63, 3.8) is 0 Å². The van der Waals surface area contributed by atoms with Crippen LogP contribution in [0.5, 0.6) is 0 Å². The van der Waals surface area contributed by atoms with Crippen LogP contribution in [0.1, 0.15) is 0 Å². The Morgan fingerprint density at radius 2 is 2.00 bits per heavy atom. The Hall–Kier alpha value is -2.70. The van der Waals surface area contributed by atoms with E-state index >= 15 is 0 Å². The second-order valence-corrected chi connectivity index (χ2v) is 4.29. The zero-order valence-corrected chi connectivity index (χ0v) is 10.4. The average molecular weight is 257 g/mol. The van der Waals surface area contributed by atoms with Crippen molar-refractivity contribution in [1.82, 2.24) is 24.3 Å². The number of hydrogen-bond acceptors (Lipinski definition) is 4. The van der Waals surface area contributed by atoms with E-state index < -0.39 is 11.1 Å². The molecule has 0 aliphatic carbocycles. The van der Waals surface area contributed by atoms with Crippen LogP contribution in [0.4, 0.5) is 0 Å². The Morgan fingerprint density at radius 1 is 1.21 bits per heavy atom. The molecule has 7 heteroatoms. The van der Waals surface area contributed by atoms with Crippen molar-refractivity contribution in [3.8, 4) is 11.3 Å². The SMILES string of the molecule is Cn1cc(-c2ccc3[nH]c(=O)c(=O)n(C)c3n2)cn1. The first-order valence-corrected chi connectivity index (χ1v) is 5.65. The summed E-state index contributed by atoms with van der Waals surface area (Å²) in [5, 5.41) is 4.08. The third kappa shape index (κ3) is 1.75. The number of fused-ring (bicyclic) bond motifs is 1. The molecule has 0 radical (unpaired) electrons. The minimum atomic E-state index is -0.647. The number of rotatable bonds is 1. The molecule has 0 fully saturated rings. The standard InChI is InChI=1S/C12H11N5O2/c1-16-6-7(5-13-16)8-3-4-9-10(14-8)17(2)12(19)11(18)15-9/h3-6H,1-2H3,(H,15,18). The van der Waals surface area contributed by atoms with Crippen LogP contribution in [0.15, 0.2) is 34.1 Å². The second kappa shape index (κ2) is 3.91. The van der Waals surface area contributed by atoms with Gasteiger partial charge in [0.1, 0.15) is 0 Å². The van der Waals surface area contributed by atoms with Gasteiger partial charge in [0.05, 0.1) is 17.4 Å². The number of aromatic nitrogens is 5. The molecule has 0 amide bonds. The van der Waals surface area contributed by atoms with Crippen LogP contribution in [0, 0.1) is 0 Å². The van der Waals surface area contributed by atoms with Crippen LogP contribution in [0.3, 0.4) is 0 Å². The molecule has 3 aromatic heterocycles. The summed E-state index contributed by atoms with van der Waals surface area (Å²) in [6, 6.07) is 3.51. The minimum absolute atomic E-state index is 0.436. The fraction of sp³-hybridized carbons (Fsp3) is 0.167. The van der Waals surface area contributed by atoms with Gasteiger partial charge >= 0.3 is 11.1 Å². The molecule has 0 aromatic carbocycles. The molecule has 0 aliphatic rings. The van der Waals surface area contributed by atoms with Crippen LogP contribution in [-0.4, -0.2) is 24.3 Å². The number of hydrogen-bond donors (Lipinski definition) is 1. The molecule has 96 valence electrons. The van der Waals surface area contributed by atoms with Gasteiger partial charge in [0.2, 0.25) is 0 Å². The summed E-state index contributed by atoms with van der Waals surface area (Å²) in [5.74, 6) is 0. The maximum absolute atomic E-state index is 11.6. The summed E-state index contributed by atoms with van der Waals surface area (Å²) in [4.78, 5) is 29.9. The van der Waals surface area contributed by atoms with E-state index in [1.165, 1.54) is 11.6 Å². The van der Waals surface area contributed by atoms with Crippen LogP contribution < -0.4 is 11.1 Å². The van der Waals surface area contributed by atoms with E-state index in [-0.39, 0.29) is 0 Å². The maximum atomic E-state index is 11.6. The van der Waals surface area contributed by atoms with Gasteiger partial charge in [-0.3, -0.25) is 18.8 Å². The molecule has 1 N–H and O–H groups in total. The summed E-state index contributed by atoms with van der Waals surface area (Å²) in [6.07, 6.45) is 3.52. The first kappa shape index (κ1) is 11.4. The van der Waals surface area contributed by atoms with Crippen molar-refractivity contribution in [3.05, 3.63) is 45.2 Å². The van der Waals surface area contributed by atoms with Crippen LogP contribution in [0.2, 0.25) is 0 Å². The van der Waals surface area contributed by atoms with Crippen molar-refractivity contribution in [2.45, 2.75) is 0 Å². The number of pyridine rings is 1. The van der Waals surface area contributed by atoms with Gasteiger partial charge in [-0.15, -0.1) is 0 Å². The molecule has 0 unspecified atom stereocenters. The molecule has 3 aromatic rings. The molecule has 3 heterocycles. The normalized spacial score (nSPS) is 11.1. The predicted octanol–water partition coefficient (Wildman–Crippen LogP) is 0.0223. The second-order valence-electron chi connectivity index (χ2n) is 4.29. The topological polar surface area (TPSA) is 85.6 Å². The number of nitrogens with zero attached hydrogens (tertiary/aromatic N) is 4. The van der Waals surface area contributed by atoms with Crippen molar-refractivity contribution >= 4 is 11.2 Å². The van der Waals surface area contributed by atoms with Gasteiger partial charge in [-0.2, -0.15) is 5.10 Å². The fourth-order valence-corrected chi connectivity index (χ4v) is 1.94. The molecule has 0 spiro atoms. The number of aryl methyl sites for hydroxylation is 2. The molecule has 0 aliphatic heterocycles. The van der Waals surface area contributed by atoms with Gasteiger partial charge in [0, 0.05) is 25.9 Å². The number of H-pyrrole nitrogens is 1. The van der Waals surface area contributed by atoms with Crippen molar-refractivity contribution < 1.29 is 0 Å². The monoisotopic (exact) mass is 257 g/mol. The largest absolute Gasteiger partial charge is 0.317 e. The highest BCUT2D eigenvalue weighted by Gasteiger charge is 2.08. The van der Waals surface area contributed by atoms with Gasteiger partial charge in [-0.05, 0) is 12.1 Å². The van der Waals surface area contributed by atoms with E-state index in [0.717, 1.165) is 5.56 Å². The molecule has 7 nitrogen and oxygen atoms in total. The Balaban J connectivity index is 2.32. The average Bonchev–Trinajstić information content (AvgIpc) is 2.83. The van der Waals surface area contributed by atoms with E-state index in [1.807, 2.05) is 13.2 Å². The van der Waals surface area contributed by atoms with Gasteiger partial charge < -0.3 is 4.98 Å². The zero-order valence-electron chi connectivity index (χ0n) is 10.4. The van der Waals surface area contributed by atoms with E-state index in [4.69, 9.17) is 0 Å². The van der Waals surface area contributed by atoms with Gasteiger partial charge in [-0.25, -0.2) is 4.98 Å². The van der Waals surface area contributed by atoms with E-state index in [9.17, 15) is 9.59 Å². The lowest BCUT2D eigenvalue weighted by Gasteiger charge is -2.04. The molecule has 3 rings (SSSR count). The van der Waals surface area contributed by atoms with Gasteiger partial charge in [-0.1, -0.05) is 0 Å². The van der Waals surface area contributed by atoms with Crippen LogP contribution in [-0.2, 0) is 14.1 Å². The predicted molar refractivity (Wildman–Crippen MR) is 69.8 cm³/mol. The maximum Gasteiger partial charge on any atom is 0.317 e. The Kier molecular flexibility index (Phi) is 2.34. The molecule has 0 atom stereocenters. The lowest BCUT2D eigenvalue weighted by Crippen LogP contribution is -2.35. The van der Waals surface area contributed by atoms with Crippen LogP contribution in [0.25, 0.3) is 22.4 Å². The summed E-state index contributed by atoms with van der Waals surface area (Å²) in [6.45, 7) is 0. The summed E-state index contributed by atoms with van der Waals surface area (Å²) >= 11 is 0. The van der Waals surface area contributed by atoms with E-state index in [2.05, 4.69) is 15.1 Å². The summed E-state index contributed by atoms with van der Waals surface area (Å²) in [5.41, 5.74) is 1.24. The van der Waals surface area contributed by atoms with E-state index in [1.54, 1.807) is 23.0 Å². The Bertz CT molecular complexity index is 887. The van der Waals surface area contributed by atoms with E-state index in [0.29, 0.717) is 16.9 Å². The Morgan fingerprint density at radius 3 is 2.68 bits per heavy atom. The van der Waals surface area contributed by atoms with Crippen molar-refractivity contribution in [1.29, 1.82) is 0 Å². The quantitative estimate of drug-likeness (QED) is 0.623. The zero-order chi connectivity index (χ0) is 13.6. The molecule has 0 saturated heterocycles. The van der Waals surface area contributed by atoms with Gasteiger partial charge in [0.25, 0.3) is 0 Å². The highest BCUT2D eigenvalue weighted by atomic mass is 16.2. The van der Waals surface area contributed by atoms with Crippen molar-refractivity contribution in [2.24, 2.45) is 14.1 Å². The van der Waals surface area contributed by atoms with Crippen molar-refractivity contribution in [2.75, 3.05) is 0 Å².